The van der Waals surface area contributed by atoms with Crippen LogP contribution in [0.25, 0.3) is 11.0 Å². The molecule has 1 aromatic carbocycles. The highest BCUT2D eigenvalue weighted by Crippen LogP contribution is 2.17. The summed E-state index contributed by atoms with van der Waals surface area (Å²) in [6, 6.07) is 5.40. The number of nitrogens with one attached hydrogen (secondary N) is 1. The third-order valence-electron chi connectivity index (χ3n) is 2.10. The number of hydrogen-bond donors (Lipinski definition) is 2. The van der Waals surface area contributed by atoms with Gasteiger partial charge in [-0.2, -0.15) is 0 Å². The molecule has 0 amide bonds. The average molecular weight is 223 g/mol. The fraction of sp³-hybridized carbons (Fsp3) is 0.300. The van der Waals surface area contributed by atoms with Crippen molar-refractivity contribution in [2.45, 2.75) is 24.3 Å². The molecule has 1 heterocycles. The van der Waals surface area contributed by atoms with E-state index in [9.17, 15) is 4.21 Å². The van der Waals surface area contributed by atoms with E-state index in [-0.39, 0.29) is 5.25 Å². The van der Waals surface area contributed by atoms with Crippen LogP contribution in [0.5, 0.6) is 0 Å². The summed E-state index contributed by atoms with van der Waals surface area (Å²) in [6.45, 7) is 3.80. The van der Waals surface area contributed by atoms with Crippen LogP contribution in [0.3, 0.4) is 0 Å². The van der Waals surface area contributed by atoms with Gasteiger partial charge in [-0.25, -0.2) is 4.98 Å². The van der Waals surface area contributed by atoms with Gasteiger partial charge in [-0.1, -0.05) is 13.8 Å². The first-order valence-corrected chi connectivity index (χ1v) is 5.95. The summed E-state index contributed by atoms with van der Waals surface area (Å²) in [5.74, 6) is 0. The molecule has 1 atom stereocenters. The molecule has 0 radical (unpaired) electrons. The number of nitrogens with two attached hydrogens (primary N) is 1. The number of fused-ring (bicyclic) bond motifs is 1. The fourth-order valence-electron chi connectivity index (χ4n) is 1.32. The number of imidazole rings is 1. The smallest absolute Gasteiger partial charge is 0.197 e. The summed E-state index contributed by atoms with van der Waals surface area (Å²) in [6.07, 6.45) is 0. The van der Waals surface area contributed by atoms with Crippen molar-refractivity contribution in [3.8, 4) is 0 Å². The Morgan fingerprint density at radius 3 is 2.87 bits per heavy atom. The van der Waals surface area contributed by atoms with Crippen LogP contribution in [0, 0.1) is 0 Å². The van der Waals surface area contributed by atoms with Crippen molar-refractivity contribution in [3.05, 3.63) is 18.2 Å². The second-order valence-electron chi connectivity index (χ2n) is 3.66. The van der Waals surface area contributed by atoms with E-state index in [1.54, 1.807) is 12.1 Å². The van der Waals surface area contributed by atoms with Gasteiger partial charge in [-0.15, -0.1) is 0 Å². The van der Waals surface area contributed by atoms with Crippen LogP contribution in [0.4, 0.5) is 5.69 Å². The van der Waals surface area contributed by atoms with Gasteiger partial charge in [0.1, 0.15) is 0 Å². The van der Waals surface area contributed by atoms with Crippen molar-refractivity contribution in [2.24, 2.45) is 0 Å². The first-order chi connectivity index (χ1) is 7.08. The molecule has 0 aliphatic heterocycles. The number of rotatable bonds is 2. The summed E-state index contributed by atoms with van der Waals surface area (Å²) in [4.78, 5) is 7.29. The monoisotopic (exact) mass is 223 g/mol. The molecular weight excluding hydrogens is 210 g/mol. The second-order valence-corrected chi connectivity index (χ2v) is 5.59. The van der Waals surface area contributed by atoms with Gasteiger partial charge in [-0.05, 0) is 18.2 Å². The Morgan fingerprint density at radius 2 is 2.20 bits per heavy atom. The fourth-order valence-corrected chi connectivity index (χ4v) is 2.17. The van der Waals surface area contributed by atoms with Gasteiger partial charge in [0.15, 0.2) is 5.16 Å². The third kappa shape index (κ3) is 1.87. The molecule has 0 aliphatic rings. The molecule has 0 fully saturated rings. The molecule has 0 saturated heterocycles. The maximum atomic E-state index is 11.8. The van der Waals surface area contributed by atoms with Crippen molar-refractivity contribution >= 4 is 27.5 Å². The van der Waals surface area contributed by atoms with Crippen LogP contribution >= 0.6 is 0 Å². The Hall–Kier alpha value is -1.36. The van der Waals surface area contributed by atoms with Gasteiger partial charge in [0.25, 0.3) is 0 Å². The summed E-state index contributed by atoms with van der Waals surface area (Å²) < 4.78 is 11.8. The van der Waals surface area contributed by atoms with E-state index in [4.69, 9.17) is 5.73 Å². The molecule has 1 aromatic heterocycles. The molecule has 0 spiro atoms. The Bertz CT molecular complexity index is 518. The van der Waals surface area contributed by atoms with Crippen molar-refractivity contribution in [1.82, 2.24) is 9.97 Å². The summed E-state index contributed by atoms with van der Waals surface area (Å²) in [5.41, 5.74) is 7.95. The Labute approximate surface area is 90.4 Å². The van der Waals surface area contributed by atoms with Crippen molar-refractivity contribution in [3.63, 3.8) is 0 Å². The first-order valence-electron chi connectivity index (χ1n) is 4.74. The van der Waals surface area contributed by atoms with Crippen LogP contribution in [-0.2, 0) is 10.8 Å². The van der Waals surface area contributed by atoms with E-state index in [0.717, 1.165) is 11.0 Å². The lowest BCUT2D eigenvalue weighted by Gasteiger charge is -1.99. The predicted octanol–water partition coefficient (Wildman–Crippen LogP) is 1.66. The lowest BCUT2D eigenvalue weighted by atomic mass is 10.3. The third-order valence-corrected chi connectivity index (χ3v) is 3.53. The van der Waals surface area contributed by atoms with Gasteiger partial charge in [0.2, 0.25) is 0 Å². The van der Waals surface area contributed by atoms with Crippen molar-refractivity contribution in [2.75, 3.05) is 5.73 Å². The summed E-state index contributed by atoms with van der Waals surface area (Å²) in [7, 11) is -1.08. The van der Waals surface area contributed by atoms with Crippen molar-refractivity contribution in [1.29, 1.82) is 0 Å². The molecule has 0 aliphatic carbocycles. The lowest BCUT2D eigenvalue weighted by Crippen LogP contribution is -2.07. The van der Waals surface area contributed by atoms with Gasteiger partial charge in [0.05, 0.1) is 21.8 Å². The zero-order chi connectivity index (χ0) is 11.0. The molecule has 15 heavy (non-hydrogen) atoms. The zero-order valence-corrected chi connectivity index (χ0v) is 9.47. The number of nitrogens with zero attached hydrogens (tertiary/aromatic N) is 1. The van der Waals surface area contributed by atoms with Crippen LogP contribution < -0.4 is 5.73 Å². The maximum absolute atomic E-state index is 11.8. The SMILES string of the molecule is CC(C)S(=O)c1nc2ccc(N)cc2[nH]1. The van der Waals surface area contributed by atoms with Gasteiger partial charge in [0, 0.05) is 10.9 Å². The van der Waals surface area contributed by atoms with E-state index < -0.39 is 10.8 Å². The minimum atomic E-state index is -1.08. The number of anilines is 1. The lowest BCUT2D eigenvalue weighted by molar-refractivity contribution is 0.671. The standard InChI is InChI=1S/C10H13N3OS/c1-6(2)15(14)10-12-8-4-3-7(11)5-9(8)13-10/h3-6H,11H2,1-2H3,(H,12,13). The quantitative estimate of drug-likeness (QED) is 0.760. The number of benzene rings is 1. The van der Waals surface area contributed by atoms with Crippen LogP contribution in [0.15, 0.2) is 23.4 Å². The number of aromatic nitrogens is 2. The van der Waals surface area contributed by atoms with E-state index in [1.165, 1.54) is 0 Å². The molecule has 80 valence electrons. The molecule has 2 aromatic rings. The highest BCUT2D eigenvalue weighted by molar-refractivity contribution is 7.85. The molecule has 3 N–H and O–H groups in total. The Kier molecular flexibility index (Phi) is 2.48. The molecule has 0 saturated carbocycles. The molecule has 2 rings (SSSR count). The van der Waals surface area contributed by atoms with Crippen LogP contribution in [0.1, 0.15) is 13.8 Å². The largest absolute Gasteiger partial charge is 0.399 e. The van der Waals surface area contributed by atoms with E-state index >= 15 is 0 Å². The number of aromatic amines is 1. The maximum Gasteiger partial charge on any atom is 0.197 e. The minimum absolute atomic E-state index is 0.0582. The minimum Gasteiger partial charge on any atom is -0.399 e. The van der Waals surface area contributed by atoms with Crippen LogP contribution in [0.2, 0.25) is 0 Å². The average Bonchev–Trinajstić information content (AvgIpc) is 2.58. The highest BCUT2D eigenvalue weighted by atomic mass is 32.2. The molecule has 0 bridgehead atoms. The van der Waals surface area contributed by atoms with Gasteiger partial charge < -0.3 is 10.7 Å². The van der Waals surface area contributed by atoms with E-state index in [2.05, 4.69) is 9.97 Å². The predicted molar refractivity (Wildman–Crippen MR) is 62.1 cm³/mol. The van der Waals surface area contributed by atoms with E-state index in [0.29, 0.717) is 10.8 Å². The molecule has 1 unspecified atom stereocenters. The highest BCUT2D eigenvalue weighted by Gasteiger charge is 2.12. The van der Waals surface area contributed by atoms with Crippen LogP contribution in [-0.4, -0.2) is 19.4 Å². The van der Waals surface area contributed by atoms with Gasteiger partial charge in [-0.3, -0.25) is 4.21 Å². The topological polar surface area (TPSA) is 71.8 Å². The van der Waals surface area contributed by atoms with E-state index in [1.807, 2.05) is 19.9 Å². The Morgan fingerprint density at radius 1 is 1.47 bits per heavy atom. The second kappa shape index (κ2) is 3.66. The van der Waals surface area contributed by atoms with Crippen molar-refractivity contribution < 1.29 is 4.21 Å². The molecule has 4 nitrogen and oxygen atoms in total. The summed E-state index contributed by atoms with van der Waals surface area (Å²) in [5, 5.41) is 0.577. The van der Waals surface area contributed by atoms with Gasteiger partial charge >= 0.3 is 0 Å². The molecular formula is C10H13N3OS. The number of nitrogen functional groups attached to an aromatic ring is 1. The number of hydrogen-bond acceptors (Lipinski definition) is 3. The molecule has 5 heteroatoms. The number of H-pyrrole nitrogens is 1. The Balaban J connectivity index is 2.52. The normalized spacial score (nSPS) is 13.5. The zero-order valence-electron chi connectivity index (χ0n) is 8.65. The summed E-state index contributed by atoms with van der Waals surface area (Å²) >= 11 is 0. The first kappa shape index (κ1) is 10.2.